The zero-order valence-corrected chi connectivity index (χ0v) is 19.9. The van der Waals surface area contributed by atoms with Crippen LogP contribution in [0.3, 0.4) is 0 Å². The zero-order chi connectivity index (χ0) is 26.9. The number of nitrogens with two attached hydrogens (primary N) is 1. The summed E-state index contributed by atoms with van der Waals surface area (Å²) in [7, 11) is 0. The first-order valence-electron chi connectivity index (χ1n) is 10.8. The molecule has 15 heteroatoms. The second kappa shape index (κ2) is 8.10. The van der Waals surface area contributed by atoms with E-state index >= 15 is 0 Å². The van der Waals surface area contributed by atoms with Crippen molar-refractivity contribution in [3.63, 3.8) is 0 Å². The van der Waals surface area contributed by atoms with E-state index in [0.29, 0.717) is 5.76 Å². The number of aromatic nitrogens is 5. The summed E-state index contributed by atoms with van der Waals surface area (Å²) in [6.07, 6.45) is -5.19. The van der Waals surface area contributed by atoms with E-state index in [1.54, 1.807) is 13.8 Å². The van der Waals surface area contributed by atoms with Crippen molar-refractivity contribution < 1.29 is 31.2 Å². The number of nitrogens with zero attached hydrogens (tertiary/aromatic N) is 5. The number of pyridine rings is 1. The standard InChI is InChI=1S/C22H17ClF5N7O2/c1-9-7-30-19(37-9)20(2)13-15(29)32-17(33-16(13)34-18(20)36)14-11-4-3-10(23)8-35(11)12(31-14)5-6-21(24,25)22(26,27)28/h3-4,7-8H,5-6H2,1-2H3,(H3,29,32,33,34,36). The van der Waals surface area contributed by atoms with Crippen LogP contribution in [0.4, 0.5) is 33.6 Å². The molecule has 4 aromatic rings. The SMILES string of the molecule is Cc1cnc(C2(C)C(=O)Nc3nc(-c4nc(CCC(F)(F)C(F)(F)F)n5cc(Cl)ccc45)nc(N)c32)o1. The average molecular weight is 542 g/mol. The summed E-state index contributed by atoms with van der Waals surface area (Å²) in [5.74, 6) is -5.12. The van der Waals surface area contributed by atoms with Crippen molar-refractivity contribution in [3.8, 4) is 11.5 Å². The monoisotopic (exact) mass is 541 g/mol. The van der Waals surface area contributed by atoms with Gasteiger partial charge in [-0.15, -0.1) is 0 Å². The third kappa shape index (κ3) is 3.86. The van der Waals surface area contributed by atoms with E-state index in [4.69, 9.17) is 21.8 Å². The number of aryl methyl sites for hydroxylation is 2. The number of hydrogen-bond acceptors (Lipinski definition) is 7. The first-order chi connectivity index (χ1) is 17.2. The van der Waals surface area contributed by atoms with E-state index in [0.717, 1.165) is 0 Å². The Bertz CT molecular complexity index is 1570. The summed E-state index contributed by atoms with van der Waals surface area (Å²) in [6, 6.07) is 2.97. The fraction of sp³-hybridized carbons (Fsp3) is 0.318. The van der Waals surface area contributed by atoms with Crippen molar-refractivity contribution in [1.82, 2.24) is 24.3 Å². The third-order valence-electron chi connectivity index (χ3n) is 6.14. The number of amides is 1. The molecule has 3 N–H and O–H groups in total. The second-order valence-electron chi connectivity index (χ2n) is 8.69. The molecule has 0 radical (unpaired) electrons. The van der Waals surface area contributed by atoms with Crippen molar-refractivity contribution in [1.29, 1.82) is 0 Å². The molecule has 194 valence electrons. The summed E-state index contributed by atoms with van der Waals surface area (Å²) in [5.41, 5.74) is 5.36. The van der Waals surface area contributed by atoms with E-state index in [2.05, 4.69) is 25.3 Å². The Morgan fingerprint density at radius 1 is 1.19 bits per heavy atom. The molecule has 0 aliphatic carbocycles. The van der Waals surface area contributed by atoms with Crippen LogP contribution in [0.15, 0.2) is 28.9 Å². The van der Waals surface area contributed by atoms with Gasteiger partial charge in [-0.2, -0.15) is 22.0 Å². The maximum absolute atomic E-state index is 13.6. The minimum absolute atomic E-state index is 0.0475. The number of rotatable bonds is 5. The Hall–Kier alpha value is -3.81. The van der Waals surface area contributed by atoms with Crippen LogP contribution >= 0.6 is 11.6 Å². The predicted molar refractivity (Wildman–Crippen MR) is 121 cm³/mol. The maximum Gasteiger partial charge on any atom is 0.453 e. The van der Waals surface area contributed by atoms with E-state index in [1.807, 2.05) is 0 Å². The van der Waals surface area contributed by atoms with E-state index in [9.17, 15) is 26.7 Å². The lowest BCUT2D eigenvalue weighted by Gasteiger charge is -2.18. The minimum atomic E-state index is -5.70. The van der Waals surface area contributed by atoms with Gasteiger partial charge >= 0.3 is 12.1 Å². The van der Waals surface area contributed by atoms with Crippen molar-refractivity contribution in [2.24, 2.45) is 0 Å². The molecule has 1 aliphatic rings. The number of nitrogens with one attached hydrogen (secondary N) is 1. The van der Waals surface area contributed by atoms with Crippen LogP contribution in [0.5, 0.6) is 0 Å². The van der Waals surface area contributed by atoms with Crippen LogP contribution in [-0.4, -0.2) is 42.3 Å². The fourth-order valence-corrected chi connectivity index (χ4v) is 4.34. The van der Waals surface area contributed by atoms with Crippen molar-refractivity contribution in [2.45, 2.75) is 44.2 Å². The lowest BCUT2D eigenvalue weighted by Crippen LogP contribution is -2.36. The van der Waals surface area contributed by atoms with Gasteiger partial charge in [-0.1, -0.05) is 11.6 Å². The van der Waals surface area contributed by atoms with Crippen LogP contribution in [0.25, 0.3) is 17.0 Å². The molecule has 4 aromatic heterocycles. The van der Waals surface area contributed by atoms with Crippen molar-refractivity contribution in [2.75, 3.05) is 11.1 Å². The highest BCUT2D eigenvalue weighted by Gasteiger charge is 2.57. The third-order valence-corrected chi connectivity index (χ3v) is 6.36. The van der Waals surface area contributed by atoms with Crippen molar-refractivity contribution >= 4 is 34.7 Å². The molecule has 0 bridgehead atoms. The van der Waals surface area contributed by atoms with E-state index < -0.39 is 36.3 Å². The highest BCUT2D eigenvalue weighted by Crippen LogP contribution is 2.45. The molecule has 1 atom stereocenters. The van der Waals surface area contributed by atoms with Gasteiger partial charge in [0.1, 0.15) is 28.9 Å². The Kier molecular flexibility index (Phi) is 5.44. The molecule has 1 aliphatic heterocycles. The molecular formula is C22H17ClF5N7O2. The highest BCUT2D eigenvalue weighted by atomic mass is 35.5. The summed E-state index contributed by atoms with van der Waals surface area (Å²) in [4.78, 5) is 30.0. The van der Waals surface area contributed by atoms with Gasteiger partial charge in [-0.05, 0) is 26.0 Å². The second-order valence-corrected chi connectivity index (χ2v) is 9.13. The Morgan fingerprint density at radius 3 is 2.57 bits per heavy atom. The summed E-state index contributed by atoms with van der Waals surface area (Å²) < 4.78 is 72.1. The van der Waals surface area contributed by atoms with Crippen LogP contribution in [0.1, 0.15) is 36.4 Å². The number of oxazole rings is 1. The molecule has 0 saturated carbocycles. The first kappa shape index (κ1) is 24.9. The number of nitrogen functional groups attached to an aromatic ring is 1. The molecule has 1 amide bonds. The molecule has 0 saturated heterocycles. The van der Waals surface area contributed by atoms with Crippen molar-refractivity contribution in [3.05, 3.63) is 52.6 Å². The number of halogens is 6. The van der Waals surface area contributed by atoms with Crippen LogP contribution in [0, 0.1) is 6.92 Å². The van der Waals surface area contributed by atoms with Gasteiger partial charge in [0.05, 0.1) is 22.3 Å². The summed E-state index contributed by atoms with van der Waals surface area (Å²) in [5, 5.41) is 2.82. The van der Waals surface area contributed by atoms with Crippen LogP contribution in [0.2, 0.25) is 5.02 Å². The van der Waals surface area contributed by atoms with Gasteiger partial charge in [-0.3, -0.25) is 4.79 Å². The average Bonchev–Trinajstić information content (AvgIpc) is 3.46. The summed E-state index contributed by atoms with van der Waals surface area (Å²) >= 11 is 6.03. The normalized spacial score (nSPS) is 17.9. The van der Waals surface area contributed by atoms with Gasteiger partial charge in [0.25, 0.3) is 0 Å². The van der Waals surface area contributed by atoms with Gasteiger partial charge < -0.3 is 19.9 Å². The molecular weight excluding hydrogens is 525 g/mol. The van der Waals surface area contributed by atoms with E-state index in [-0.39, 0.29) is 51.0 Å². The van der Waals surface area contributed by atoms with Crippen LogP contribution in [-0.2, 0) is 16.6 Å². The molecule has 1 unspecified atom stereocenters. The number of carbonyl (C=O) groups is 1. The van der Waals surface area contributed by atoms with Gasteiger partial charge in [0, 0.05) is 19.0 Å². The Morgan fingerprint density at radius 2 is 1.92 bits per heavy atom. The molecule has 37 heavy (non-hydrogen) atoms. The number of carbonyl (C=O) groups excluding carboxylic acids is 1. The molecule has 0 spiro atoms. The fourth-order valence-electron chi connectivity index (χ4n) is 4.18. The highest BCUT2D eigenvalue weighted by molar-refractivity contribution is 6.30. The number of anilines is 2. The molecule has 5 rings (SSSR count). The van der Waals surface area contributed by atoms with Crippen LogP contribution < -0.4 is 11.1 Å². The molecule has 0 fully saturated rings. The largest absolute Gasteiger partial charge is 0.453 e. The van der Waals surface area contributed by atoms with Gasteiger partial charge in [0.2, 0.25) is 11.8 Å². The maximum atomic E-state index is 13.6. The summed E-state index contributed by atoms with van der Waals surface area (Å²) in [6.45, 7) is 3.21. The lowest BCUT2D eigenvalue weighted by atomic mass is 9.84. The predicted octanol–water partition coefficient (Wildman–Crippen LogP) is 4.71. The minimum Gasteiger partial charge on any atom is -0.444 e. The molecule has 9 nitrogen and oxygen atoms in total. The Labute approximate surface area is 209 Å². The van der Waals surface area contributed by atoms with Gasteiger partial charge in [0.15, 0.2) is 11.2 Å². The lowest BCUT2D eigenvalue weighted by molar-refractivity contribution is -0.284. The first-order valence-corrected chi connectivity index (χ1v) is 11.1. The molecule has 0 aromatic carbocycles. The number of fused-ring (bicyclic) bond motifs is 2. The zero-order valence-electron chi connectivity index (χ0n) is 19.1. The number of hydrogen-bond donors (Lipinski definition) is 2. The number of alkyl halides is 5. The topological polar surface area (TPSA) is 124 Å². The Balaban J connectivity index is 1.60. The smallest absolute Gasteiger partial charge is 0.444 e. The van der Waals surface area contributed by atoms with E-state index in [1.165, 1.54) is 28.9 Å². The number of imidazole rings is 1. The van der Waals surface area contributed by atoms with Gasteiger partial charge in [-0.25, -0.2) is 19.9 Å². The molecule has 5 heterocycles. The quantitative estimate of drug-likeness (QED) is 0.351.